The molecule has 7 aliphatic rings. The Labute approximate surface area is 348 Å². The number of carbonyl (C=O) groups excluding carboxylic acids is 7. The van der Waals surface area contributed by atoms with Crippen LogP contribution in [0.3, 0.4) is 0 Å². The predicted octanol–water partition coefficient (Wildman–Crippen LogP) is 1.94. The minimum atomic E-state index is -2.74. The van der Waals surface area contributed by atoms with Crippen molar-refractivity contribution in [2.24, 2.45) is 28.1 Å². The van der Waals surface area contributed by atoms with Crippen molar-refractivity contribution in [1.82, 2.24) is 0 Å². The smallest absolute Gasteiger partial charge is 0.338 e. The largest absolute Gasteiger partial charge is 0.512 e. The van der Waals surface area contributed by atoms with Gasteiger partial charge in [-0.3, -0.25) is 28.8 Å². The van der Waals surface area contributed by atoms with Crippen LogP contribution in [0.1, 0.15) is 86.8 Å². The van der Waals surface area contributed by atoms with Gasteiger partial charge in [0.05, 0.1) is 36.0 Å². The summed E-state index contributed by atoms with van der Waals surface area (Å²) < 4.78 is 69.3. The van der Waals surface area contributed by atoms with Crippen molar-refractivity contribution >= 4 is 41.8 Å². The third kappa shape index (κ3) is 4.71. The zero-order valence-electron chi connectivity index (χ0n) is 35.1. The molecule has 20 nitrogen and oxygen atoms in total. The molecule has 332 valence electrons. The van der Waals surface area contributed by atoms with E-state index in [2.05, 4.69) is 0 Å². The number of esters is 7. The molecule has 4 bridgehead atoms. The first kappa shape index (κ1) is 42.6. The fraction of sp³-hybridized carbons (Fsp3) is 0.683. The summed E-state index contributed by atoms with van der Waals surface area (Å²) in [4.78, 5) is 96.3. The lowest BCUT2D eigenvalue weighted by atomic mass is 9.31. The molecule has 15 atom stereocenters. The molecule has 3 aliphatic heterocycles. The van der Waals surface area contributed by atoms with Crippen LogP contribution in [0.4, 0.5) is 0 Å². The van der Waals surface area contributed by atoms with Gasteiger partial charge in [-0.05, 0) is 25.3 Å². The van der Waals surface area contributed by atoms with Crippen LogP contribution in [-0.4, -0.2) is 119 Å². The lowest BCUT2D eigenvalue weighted by molar-refractivity contribution is -0.496. The van der Waals surface area contributed by atoms with E-state index in [9.17, 15) is 43.8 Å². The van der Waals surface area contributed by atoms with Crippen LogP contribution in [0.25, 0.3) is 0 Å². The molecule has 7 fully saturated rings. The monoisotopic (exact) mass is 860 g/mol. The molecular formula is C41H48O20. The van der Waals surface area contributed by atoms with Crippen LogP contribution < -0.4 is 0 Å². The Morgan fingerprint density at radius 2 is 1.49 bits per heavy atom. The van der Waals surface area contributed by atoms with E-state index in [-0.39, 0.29) is 12.0 Å². The van der Waals surface area contributed by atoms with Crippen LogP contribution in [-0.2, 0) is 80.9 Å². The SMILES string of the molecule is COC(=O)C[C@H]1[C@]2(C)C[C@@]34OC5(C)O[C@]6([C@@H]7/C(=C(\C)O)C(=O)O[C@@H](c8ccoc8)[C@]7(C)[C@@H](OC(C)=O)[C@@H](O)[C@]6(O5)[C@]13COC(C)=O)[C@H](OC(C)=O)[C@@]4(OC(C)=O)[C@H]2OC(C)=O. The molecule has 1 aromatic rings. The lowest BCUT2D eigenvalue weighted by Gasteiger charge is -2.78. The van der Waals surface area contributed by atoms with E-state index in [0.29, 0.717) is 0 Å². The molecule has 8 rings (SSSR count). The van der Waals surface area contributed by atoms with E-state index in [1.807, 2.05) is 0 Å². The number of aliphatic hydroxyl groups excluding tert-OH is 2. The Morgan fingerprint density at radius 3 is 2.03 bits per heavy atom. The third-order valence-electron chi connectivity index (χ3n) is 14.6. The summed E-state index contributed by atoms with van der Waals surface area (Å²) in [5.41, 5.74) is -16.6. The summed E-state index contributed by atoms with van der Waals surface area (Å²) in [6, 6.07) is 1.45. The van der Waals surface area contributed by atoms with Gasteiger partial charge in [0.15, 0.2) is 17.8 Å². The standard InChI is InChI=1S/C41H48O20/c1-17(42)26-27-35(8,29(57-31(26)50)23-11-12-52-14-23)30(54-19(3)44)28(49)41-37(16-53-18(2)43)24(13-25(48)51-10)34(7)15-38(37)40(58-22(6)47,32(34)55-20(4)45)33(56-21(5)46)39(27,41)60-36(9,59-38)61-41/h11-12,14,24,27-30,32-33,42,49H,13,15-16H2,1-10H3/b26-17-/t24-,27+,28+,29-,30-,32-,33-,34-,35+,36?,37+,38+,39+,40-,41-/m0/s1. The number of aliphatic hydroxyl groups is 2. The molecule has 2 N–H and O–H groups in total. The number of fused-ring (bicyclic) bond motifs is 3. The second-order valence-electron chi connectivity index (χ2n) is 17.8. The van der Waals surface area contributed by atoms with E-state index < -0.39 is 153 Å². The van der Waals surface area contributed by atoms with Gasteiger partial charge >= 0.3 is 41.8 Å². The van der Waals surface area contributed by atoms with E-state index >= 15 is 0 Å². The summed E-state index contributed by atoms with van der Waals surface area (Å²) >= 11 is 0. The maximum atomic E-state index is 14.7. The molecule has 0 aromatic carbocycles. The summed E-state index contributed by atoms with van der Waals surface area (Å²) in [6.45, 7) is 9.98. The summed E-state index contributed by atoms with van der Waals surface area (Å²) in [5.74, 6) is -13.1. The average Bonchev–Trinajstić information content (AvgIpc) is 3.85. The number of carbonyl (C=O) groups is 7. The van der Waals surface area contributed by atoms with Crippen molar-refractivity contribution in [2.75, 3.05) is 13.7 Å². The number of rotatable bonds is 9. The van der Waals surface area contributed by atoms with Crippen LogP contribution in [0, 0.1) is 28.1 Å². The van der Waals surface area contributed by atoms with E-state index in [0.717, 1.165) is 48.7 Å². The average molecular weight is 861 g/mol. The second kappa shape index (κ2) is 13.0. The van der Waals surface area contributed by atoms with Gasteiger partial charge in [-0.25, -0.2) is 4.79 Å². The Kier molecular flexibility index (Phi) is 9.08. The third-order valence-corrected chi connectivity index (χ3v) is 14.6. The van der Waals surface area contributed by atoms with Crippen LogP contribution >= 0.6 is 0 Å². The molecule has 1 aromatic heterocycles. The first-order valence-corrected chi connectivity index (χ1v) is 19.7. The van der Waals surface area contributed by atoms with Crippen molar-refractivity contribution in [3.63, 3.8) is 0 Å². The highest BCUT2D eigenvalue weighted by Crippen LogP contribution is 2.90. The fourth-order valence-electron chi connectivity index (χ4n) is 13.7. The number of furan rings is 1. The maximum absolute atomic E-state index is 14.7. The number of methoxy groups -OCH3 is 1. The Morgan fingerprint density at radius 1 is 0.852 bits per heavy atom. The zero-order valence-corrected chi connectivity index (χ0v) is 35.1. The van der Waals surface area contributed by atoms with Gasteiger partial charge in [0.1, 0.15) is 41.9 Å². The highest BCUT2D eigenvalue weighted by molar-refractivity contribution is 5.92. The predicted molar refractivity (Wildman–Crippen MR) is 193 cm³/mol. The van der Waals surface area contributed by atoms with Crippen LogP contribution in [0.2, 0.25) is 0 Å². The van der Waals surface area contributed by atoms with Gasteiger partial charge in [0.25, 0.3) is 5.97 Å². The van der Waals surface area contributed by atoms with Crippen LogP contribution in [0.5, 0.6) is 0 Å². The number of allylic oxidation sites excluding steroid dienone is 1. The number of hydrogen-bond acceptors (Lipinski definition) is 20. The maximum Gasteiger partial charge on any atom is 0.338 e. The number of cyclic esters (lactones) is 1. The topological polar surface area (TPSA) is 265 Å². The van der Waals surface area contributed by atoms with Gasteiger partial charge in [-0.1, -0.05) is 13.8 Å². The summed E-state index contributed by atoms with van der Waals surface area (Å²) in [5, 5.41) is 25.5. The Hall–Kier alpha value is -5.05. The highest BCUT2D eigenvalue weighted by atomic mass is 16.9. The Bertz CT molecular complexity index is 2180. The van der Waals surface area contributed by atoms with Crippen molar-refractivity contribution in [3.8, 4) is 0 Å². The van der Waals surface area contributed by atoms with Gasteiger partial charge < -0.3 is 62.0 Å². The molecule has 61 heavy (non-hydrogen) atoms. The highest BCUT2D eigenvalue weighted by Gasteiger charge is 3.08. The summed E-state index contributed by atoms with van der Waals surface area (Å²) in [6.07, 6.45) is -7.94. The molecule has 4 heterocycles. The molecule has 2 spiro atoms. The van der Waals surface area contributed by atoms with Crippen molar-refractivity contribution in [1.29, 1.82) is 0 Å². The quantitative estimate of drug-likeness (QED) is 0.155. The summed E-state index contributed by atoms with van der Waals surface area (Å²) in [7, 11) is 1.12. The zero-order chi connectivity index (χ0) is 44.8. The van der Waals surface area contributed by atoms with Gasteiger partial charge in [0, 0.05) is 64.9 Å². The Balaban J connectivity index is 1.65. The lowest BCUT2D eigenvalue weighted by Crippen LogP contribution is -2.98. The van der Waals surface area contributed by atoms with Gasteiger partial charge in [-0.2, -0.15) is 0 Å². The number of ether oxygens (including phenoxy) is 10. The second-order valence-corrected chi connectivity index (χ2v) is 17.8. The molecular weight excluding hydrogens is 812 g/mol. The minimum Gasteiger partial charge on any atom is -0.512 e. The van der Waals surface area contributed by atoms with E-state index in [4.69, 9.17) is 51.8 Å². The first-order valence-electron chi connectivity index (χ1n) is 19.7. The van der Waals surface area contributed by atoms with Crippen LogP contribution in [0.15, 0.2) is 34.3 Å². The van der Waals surface area contributed by atoms with Gasteiger partial charge in [-0.15, -0.1) is 0 Å². The molecule has 1 unspecified atom stereocenters. The minimum absolute atomic E-state index is 0.175. The molecule has 20 heteroatoms. The molecule has 0 amide bonds. The van der Waals surface area contributed by atoms with E-state index in [1.54, 1.807) is 6.92 Å². The van der Waals surface area contributed by atoms with Crippen molar-refractivity contribution in [2.45, 2.75) is 134 Å². The normalized spacial score (nSPS) is 46.3. The number of hydrogen-bond donors (Lipinski definition) is 2. The molecule has 3 saturated heterocycles. The fourth-order valence-corrected chi connectivity index (χ4v) is 13.7. The molecule has 0 radical (unpaired) electrons. The van der Waals surface area contributed by atoms with Crippen molar-refractivity contribution < 1.29 is 95.6 Å². The molecule has 4 saturated carbocycles. The molecule has 4 aliphatic carbocycles. The van der Waals surface area contributed by atoms with E-state index in [1.165, 1.54) is 32.4 Å². The van der Waals surface area contributed by atoms with Crippen molar-refractivity contribution in [3.05, 3.63) is 35.5 Å². The first-order chi connectivity index (χ1) is 28.4. The van der Waals surface area contributed by atoms with Gasteiger partial charge in [0.2, 0.25) is 5.60 Å².